The van der Waals surface area contributed by atoms with Crippen molar-refractivity contribution >= 4 is 0 Å². The Morgan fingerprint density at radius 3 is 2.29 bits per heavy atom. The summed E-state index contributed by atoms with van der Waals surface area (Å²) >= 11 is 0. The molecule has 1 rings (SSSR count). The minimum atomic E-state index is 0.243. The van der Waals surface area contributed by atoms with Gasteiger partial charge < -0.3 is 4.74 Å². The molecule has 0 N–H and O–H groups in total. The average Bonchev–Trinajstić information content (AvgIpc) is 2.19. The van der Waals surface area contributed by atoms with E-state index in [1.54, 1.807) is 0 Å². The molecule has 1 aromatic carbocycles. The van der Waals surface area contributed by atoms with E-state index in [1.807, 2.05) is 12.1 Å². The fourth-order valence-corrected chi connectivity index (χ4v) is 1.29. The number of benzene rings is 1. The van der Waals surface area contributed by atoms with Gasteiger partial charge in [-0.15, -0.1) is 0 Å². The lowest BCUT2D eigenvalue weighted by atomic mass is 9.82. The van der Waals surface area contributed by atoms with Gasteiger partial charge in [-0.05, 0) is 29.5 Å². The fourth-order valence-electron chi connectivity index (χ4n) is 1.29. The van der Waals surface area contributed by atoms with E-state index in [9.17, 15) is 0 Å². The first-order chi connectivity index (χ1) is 6.60. The molecule has 0 saturated carbocycles. The summed E-state index contributed by atoms with van der Waals surface area (Å²) in [6.07, 6.45) is 2.58. The van der Waals surface area contributed by atoms with Crippen LogP contribution in [0.25, 0.3) is 0 Å². The van der Waals surface area contributed by atoms with Gasteiger partial charge in [0.15, 0.2) is 0 Å². The van der Waals surface area contributed by atoms with Gasteiger partial charge in [-0.1, -0.05) is 39.5 Å². The lowest BCUT2D eigenvalue weighted by Crippen LogP contribution is -2.14. The highest BCUT2D eigenvalue weighted by Gasteiger charge is 2.17. The van der Waals surface area contributed by atoms with E-state index in [-0.39, 0.29) is 5.41 Å². The largest absolute Gasteiger partial charge is 0.466 e. The zero-order chi connectivity index (χ0) is 10.6. The minimum absolute atomic E-state index is 0.243. The van der Waals surface area contributed by atoms with Crippen molar-refractivity contribution in [1.29, 1.82) is 0 Å². The predicted molar refractivity (Wildman–Crippen MR) is 60.6 cm³/mol. The summed E-state index contributed by atoms with van der Waals surface area (Å²) in [6.45, 7) is 10.2. The second kappa shape index (κ2) is 4.32. The Bertz CT molecular complexity index is 296. The van der Waals surface area contributed by atoms with Crippen LogP contribution >= 0.6 is 0 Å². The Balaban J connectivity index is 2.87. The van der Waals surface area contributed by atoms with Gasteiger partial charge in [0, 0.05) is 0 Å². The zero-order valence-corrected chi connectivity index (χ0v) is 9.21. The van der Waals surface area contributed by atoms with E-state index in [4.69, 9.17) is 4.74 Å². The van der Waals surface area contributed by atoms with E-state index >= 15 is 0 Å². The molecule has 0 unspecified atom stereocenters. The number of ether oxygens (including phenoxy) is 1. The molecule has 0 radical (unpaired) electrons. The first-order valence-electron chi connectivity index (χ1n) is 4.98. The maximum absolute atomic E-state index is 5.17. The van der Waals surface area contributed by atoms with Crippen molar-refractivity contribution < 1.29 is 4.74 Å². The van der Waals surface area contributed by atoms with Crippen molar-refractivity contribution in [3.05, 3.63) is 42.7 Å². The summed E-state index contributed by atoms with van der Waals surface area (Å²) in [4.78, 5) is 0. The molecule has 1 heteroatoms. The molecule has 1 aromatic rings. The van der Waals surface area contributed by atoms with E-state index in [0.29, 0.717) is 0 Å². The molecule has 0 atom stereocenters. The van der Waals surface area contributed by atoms with E-state index in [1.165, 1.54) is 11.8 Å². The zero-order valence-electron chi connectivity index (χ0n) is 9.21. The fraction of sp³-hybridized carbons (Fsp3) is 0.385. The van der Waals surface area contributed by atoms with Gasteiger partial charge in [-0.25, -0.2) is 0 Å². The van der Waals surface area contributed by atoms with Gasteiger partial charge in [0.05, 0.1) is 6.26 Å². The lowest BCUT2D eigenvalue weighted by Gasteiger charge is -2.23. The summed E-state index contributed by atoms with van der Waals surface area (Å²) in [5, 5.41) is 0. The van der Waals surface area contributed by atoms with E-state index in [2.05, 4.69) is 39.5 Å². The van der Waals surface area contributed by atoms with Crippen LogP contribution < -0.4 is 4.74 Å². The summed E-state index contributed by atoms with van der Waals surface area (Å²) in [7, 11) is 0. The molecule has 14 heavy (non-hydrogen) atoms. The van der Waals surface area contributed by atoms with Crippen molar-refractivity contribution in [3.63, 3.8) is 0 Å². The SMILES string of the molecule is C=COc1ccc(C(C)(C)CC)cc1. The van der Waals surface area contributed by atoms with E-state index < -0.39 is 0 Å². The molecule has 0 heterocycles. The van der Waals surface area contributed by atoms with Crippen molar-refractivity contribution in [3.8, 4) is 5.75 Å². The van der Waals surface area contributed by atoms with Gasteiger partial charge in [-0.3, -0.25) is 0 Å². The molecule has 0 amide bonds. The van der Waals surface area contributed by atoms with Crippen LogP contribution in [0.2, 0.25) is 0 Å². The van der Waals surface area contributed by atoms with Crippen molar-refractivity contribution in [2.45, 2.75) is 32.6 Å². The Kier molecular flexibility index (Phi) is 3.34. The standard InChI is InChI=1S/C13H18O/c1-5-13(3,4)11-7-9-12(10-8-11)14-6-2/h6-10H,2,5H2,1,3-4H3. The Morgan fingerprint density at radius 2 is 1.86 bits per heavy atom. The van der Waals surface area contributed by atoms with Crippen LogP contribution in [0.5, 0.6) is 5.75 Å². The van der Waals surface area contributed by atoms with Crippen LogP contribution in [0.1, 0.15) is 32.8 Å². The van der Waals surface area contributed by atoms with Crippen LogP contribution in [0, 0.1) is 0 Å². The van der Waals surface area contributed by atoms with E-state index in [0.717, 1.165) is 12.2 Å². The Labute approximate surface area is 86.4 Å². The monoisotopic (exact) mass is 190 g/mol. The third-order valence-electron chi connectivity index (χ3n) is 2.74. The summed E-state index contributed by atoms with van der Waals surface area (Å²) in [5.74, 6) is 0.843. The minimum Gasteiger partial charge on any atom is -0.466 e. The molecular weight excluding hydrogens is 172 g/mol. The second-order valence-corrected chi connectivity index (χ2v) is 4.05. The van der Waals surface area contributed by atoms with Crippen molar-refractivity contribution in [2.24, 2.45) is 0 Å². The molecule has 76 valence electrons. The van der Waals surface area contributed by atoms with Gasteiger partial charge >= 0.3 is 0 Å². The van der Waals surface area contributed by atoms with Crippen molar-refractivity contribution in [1.82, 2.24) is 0 Å². The molecule has 0 bridgehead atoms. The van der Waals surface area contributed by atoms with Gasteiger partial charge in [0.1, 0.15) is 5.75 Å². The maximum atomic E-state index is 5.17. The highest BCUT2D eigenvalue weighted by atomic mass is 16.5. The summed E-state index contributed by atoms with van der Waals surface area (Å²) in [5.41, 5.74) is 1.59. The lowest BCUT2D eigenvalue weighted by molar-refractivity contribution is 0.479. The summed E-state index contributed by atoms with van der Waals surface area (Å²) in [6, 6.07) is 8.19. The van der Waals surface area contributed by atoms with Crippen LogP contribution in [0.4, 0.5) is 0 Å². The highest BCUT2D eigenvalue weighted by molar-refractivity contribution is 5.31. The van der Waals surface area contributed by atoms with Crippen LogP contribution in [0.15, 0.2) is 37.1 Å². The number of hydrogen-bond donors (Lipinski definition) is 0. The molecule has 0 spiro atoms. The highest BCUT2D eigenvalue weighted by Crippen LogP contribution is 2.27. The summed E-state index contributed by atoms with van der Waals surface area (Å²) < 4.78 is 5.17. The first kappa shape index (κ1) is 10.8. The smallest absolute Gasteiger partial charge is 0.126 e. The van der Waals surface area contributed by atoms with Gasteiger partial charge in [0.2, 0.25) is 0 Å². The van der Waals surface area contributed by atoms with Gasteiger partial charge in [0.25, 0.3) is 0 Å². The molecule has 0 fully saturated rings. The maximum Gasteiger partial charge on any atom is 0.126 e. The molecular formula is C13H18O. The van der Waals surface area contributed by atoms with Crippen LogP contribution in [0.3, 0.4) is 0 Å². The normalized spacial score (nSPS) is 11.1. The van der Waals surface area contributed by atoms with Crippen LogP contribution in [-0.4, -0.2) is 0 Å². The topological polar surface area (TPSA) is 9.23 Å². The second-order valence-electron chi connectivity index (χ2n) is 4.05. The quantitative estimate of drug-likeness (QED) is 0.654. The van der Waals surface area contributed by atoms with Crippen LogP contribution in [-0.2, 0) is 5.41 Å². The Morgan fingerprint density at radius 1 is 1.29 bits per heavy atom. The third-order valence-corrected chi connectivity index (χ3v) is 2.74. The predicted octanol–water partition coefficient (Wildman–Crippen LogP) is 3.90. The Hall–Kier alpha value is -1.24. The molecule has 0 aliphatic carbocycles. The number of hydrogen-bond acceptors (Lipinski definition) is 1. The average molecular weight is 190 g/mol. The third kappa shape index (κ3) is 2.38. The molecule has 1 nitrogen and oxygen atoms in total. The molecule has 0 saturated heterocycles. The molecule has 0 aliphatic rings. The molecule has 0 aliphatic heterocycles. The first-order valence-corrected chi connectivity index (χ1v) is 4.98. The number of rotatable bonds is 4. The van der Waals surface area contributed by atoms with Crippen molar-refractivity contribution in [2.75, 3.05) is 0 Å². The molecule has 0 aromatic heterocycles. The van der Waals surface area contributed by atoms with Gasteiger partial charge in [-0.2, -0.15) is 0 Å².